The molecule has 0 radical (unpaired) electrons. The molecule has 1 N–H and O–H groups in total. The lowest BCUT2D eigenvalue weighted by Crippen LogP contribution is -2.23. The number of thioether (sulfide) groups is 1. The zero-order valence-corrected chi connectivity index (χ0v) is 16.6. The van der Waals surface area contributed by atoms with Crippen LogP contribution in [0.1, 0.15) is 6.92 Å². The maximum absolute atomic E-state index is 12.6. The van der Waals surface area contributed by atoms with Gasteiger partial charge >= 0.3 is 0 Å². The van der Waals surface area contributed by atoms with E-state index in [1.165, 1.54) is 23.9 Å². The van der Waals surface area contributed by atoms with E-state index in [1.54, 1.807) is 36.1 Å². The first kappa shape index (κ1) is 19.1. The zero-order valence-electron chi connectivity index (χ0n) is 14.2. The lowest BCUT2D eigenvalue weighted by molar-refractivity contribution is -0.384. The Morgan fingerprint density at radius 3 is 2.59 bits per heavy atom. The summed E-state index contributed by atoms with van der Waals surface area (Å²) in [4.78, 5) is 23.7. The molecule has 27 heavy (non-hydrogen) atoms. The fraction of sp³-hybridized carbons (Fsp3) is 0.111. The number of nitrogens with one attached hydrogen (secondary N) is 1. The maximum Gasteiger partial charge on any atom is 0.269 e. The first-order valence-corrected chi connectivity index (χ1v) is 9.63. The summed E-state index contributed by atoms with van der Waals surface area (Å²) < 4.78 is 2.51. The molecule has 1 aromatic heterocycles. The average molecular weight is 447 g/mol. The van der Waals surface area contributed by atoms with Crippen LogP contribution >= 0.6 is 27.7 Å². The van der Waals surface area contributed by atoms with Gasteiger partial charge in [-0.2, -0.15) is 5.10 Å². The molecule has 1 unspecified atom stereocenters. The Kier molecular flexibility index (Phi) is 5.92. The number of para-hydroxylation sites is 2. The molecule has 1 atom stereocenters. The third kappa shape index (κ3) is 4.75. The maximum atomic E-state index is 12.6. The number of non-ortho nitro benzene ring substituents is 1. The molecule has 0 fully saturated rings. The van der Waals surface area contributed by atoms with Gasteiger partial charge in [-0.25, -0.2) is 4.68 Å². The first-order chi connectivity index (χ1) is 12.9. The minimum absolute atomic E-state index is 0.0239. The normalized spacial score (nSPS) is 11.8. The molecule has 0 aliphatic carbocycles. The molecular formula is C18H15BrN4O3S. The van der Waals surface area contributed by atoms with Gasteiger partial charge in [0.05, 0.1) is 32.2 Å². The van der Waals surface area contributed by atoms with Crippen molar-refractivity contribution >= 4 is 45.0 Å². The number of benzene rings is 2. The Morgan fingerprint density at radius 2 is 1.96 bits per heavy atom. The summed E-state index contributed by atoms with van der Waals surface area (Å²) in [6, 6.07) is 13.5. The summed E-state index contributed by atoms with van der Waals surface area (Å²) in [5, 5.41) is 17.5. The Bertz CT molecular complexity index is 975. The monoisotopic (exact) mass is 446 g/mol. The smallest absolute Gasteiger partial charge is 0.269 e. The summed E-state index contributed by atoms with van der Waals surface area (Å²) in [6.07, 6.45) is 3.48. The molecular weight excluding hydrogens is 432 g/mol. The number of carbonyl (C=O) groups excluding carboxylic acids is 1. The van der Waals surface area contributed by atoms with Gasteiger partial charge in [-0.05, 0) is 47.1 Å². The van der Waals surface area contributed by atoms with Gasteiger partial charge in [-0.15, -0.1) is 11.8 Å². The highest BCUT2D eigenvalue weighted by atomic mass is 79.9. The van der Waals surface area contributed by atoms with Crippen LogP contribution in [0.25, 0.3) is 5.69 Å². The van der Waals surface area contributed by atoms with Crippen molar-refractivity contribution in [2.45, 2.75) is 17.1 Å². The molecule has 0 aliphatic heterocycles. The van der Waals surface area contributed by atoms with E-state index in [-0.39, 0.29) is 16.8 Å². The van der Waals surface area contributed by atoms with E-state index in [0.29, 0.717) is 5.69 Å². The Labute approximate surface area is 168 Å². The predicted octanol–water partition coefficient (Wildman–Crippen LogP) is 4.66. The molecule has 0 saturated heterocycles. The van der Waals surface area contributed by atoms with Crippen molar-refractivity contribution < 1.29 is 9.72 Å². The number of rotatable bonds is 6. The minimum Gasteiger partial charge on any atom is -0.323 e. The second kappa shape index (κ2) is 8.36. The topological polar surface area (TPSA) is 90.1 Å². The molecule has 9 heteroatoms. The van der Waals surface area contributed by atoms with Crippen molar-refractivity contribution in [1.82, 2.24) is 9.78 Å². The van der Waals surface area contributed by atoms with Crippen LogP contribution in [0.15, 0.2) is 70.3 Å². The zero-order chi connectivity index (χ0) is 19.4. The number of hydrogen-bond acceptors (Lipinski definition) is 5. The number of nitro groups is 1. The van der Waals surface area contributed by atoms with Crippen molar-refractivity contribution in [2.24, 2.45) is 0 Å². The summed E-state index contributed by atoms with van der Waals surface area (Å²) >= 11 is 4.70. The van der Waals surface area contributed by atoms with E-state index in [0.717, 1.165) is 15.1 Å². The Morgan fingerprint density at radius 1 is 1.26 bits per heavy atom. The van der Waals surface area contributed by atoms with Crippen molar-refractivity contribution in [3.63, 3.8) is 0 Å². The second-order valence-electron chi connectivity index (χ2n) is 5.62. The molecule has 3 aromatic rings. The van der Waals surface area contributed by atoms with E-state index in [1.807, 2.05) is 24.3 Å². The highest BCUT2D eigenvalue weighted by molar-refractivity contribution is 9.10. The second-order valence-corrected chi connectivity index (χ2v) is 7.95. The number of carbonyl (C=O) groups is 1. The molecule has 7 nitrogen and oxygen atoms in total. The number of nitrogens with zero attached hydrogens (tertiary/aromatic N) is 3. The number of halogens is 1. The third-order valence-corrected chi connectivity index (χ3v) is 5.21. The van der Waals surface area contributed by atoms with Crippen LogP contribution in [0, 0.1) is 10.1 Å². The summed E-state index contributed by atoms with van der Waals surface area (Å²) in [7, 11) is 0. The molecule has 1 heterocycles. The van der Waals surface area contributed by atoms with Gasteiger partial charge in [-0.3, -0.25) is 14.9 Å². The highest BCUT2D eigenvalue weighted by Crippen LogP contribution is 2.27. The van der Waals surface area contributed by atoms with Crippen LogP contribution < -0.4 is 5.32 Å². The van der Waals surface area contributed by atoms with Crippen LogP contribution in [0.4, 0.5) is 11.4 Å². The van der Waals surface area contributed by atoms with E-state index in [4.69, 9.17) is 0 Å². The Balaban J connectivity index is 1.71. The molecule has 138 valence electrons. The lowest BCUT2D eigenvalue weighted by atomic mass is 10.2. The molecule has 1 amide bonds. The Hall–Kier alpha value is -2.65. The number of aromatic nitrogens is 2. The summed E-state index contributed by atoms with van der Waals surface area (Å²) in [5.74, 6) is -0.169. The van der Waals surface area contributed by atoms with Crippen LogP contribution in [-0.2, 0) is 4.79 Å². The number of amides is 1. The van der Waals surface area contributed by atoms with Crippen LogP contribution in [0.2, 0.25) is 0 Å². The standard InChI is InChI=1S/C18H15BrN4O3S/c1-12(27-15-8-6-14(7-9-15)23(25)26)18(24)21-16-4-2-3-5-17(16)22-11-13(19)10-20-22/h2-12H,1H3,(H,21,24). The largest absolute Gasteiger partial charge is 0.323 e. The van der Waals surface area contributed by atoms with E-state index >= 15 is 0 Å². The molecule has 2 aromatic carbocycles. The van der Waals surface area contributed by atoms with Crippen molar-refractivity contribution in [1.29, 1.82) is 0 Å². The fourth-order valence-corrected chi connectivity index (χ4v) is 3.50. The van der Waals surface area contributed by atoms with E-state index in [9.17, 15) is 14.9 Å². The van der Waals surface area contributed by atoms with Gasteiger partial charge in [0.15, 0.2) is 0 Å². The van der Waals surface area contributed by atoms with Crippen LogP contribution in [0.3, 0.4) is 0 Å². The highest BCUT2D eigenvalue weighted by Gasteiger charge is 2.17. The van der Waals surface area contributed by atoms with Crippen molar-refractivity contribution in [2.75, 3.05) is 5.32 Å². The van der Waals surface area contributed by atoms with Crippen molar-refractivity contribution in [3.8, 4) is 5.69 Å². The number of nitro benzene ring substituents is 1. The van der Waals surface area contributed by atoms with E-state index < -0.39 is 4.92 Å². The molecule has 0 saturated carbocycles. The SMILES string of the molecule is CC(Sc1ccc([N+](=O)[O-])cc1)C(=O)Nc1ccccc1-n1cc(Br)cn1. The molecule has 3 rings (SSSR count). The first-order valence-electron chi connectivity index (χ1n) is 7.95. The average Bonchev–Trinajstić information content (AvgIpc) is 3.08. The lowest BCUT2D eigenvalue weighted by Gasteiger charge is -2.14. The summed E-state index contributed by atoms with van der Waals surface area (Å²) in [5.41, 5.74) is 1.43. The summed E-state index contributed by atoms with van der Waals surface area (Å²) in [6.45, 7) is 1.79. The number of hydrogen-bond donors (Lipinski definition) is 1. The fourth-order valence-electron chi connectivity index (χ4n) is 2.35. The van der Waals surface area contributed by atoms with Gasteiger partial charge in [-0.1, -0.05) is 12.1 Å². The molecule has 0 spiro atoms. The molecule has 0 aliphatic rings. The van der Waals surface area contributed by atoms with Gasteiger partial charge in [0, 0.05) is 23.2 Å². The van der Waals surface area contributed by atoms with Gasteiger partial charge in [0.1, 0.15) is 0 Å². The minimum atomic E-state index is -0.449. The van der Waals surface area contributed by atoms with Gasteiger partial charge in [0.2, 0.25) is 5.91 Å². The van der Waals surface area contributed by atoms with Gasteiger partial charge in [0.25, 0.3) is 5.69 Å². The van der Waals surface area contributed by atoms with Crippen molar-refractivity contribution in [3.05, 3.63) is 75.5 Å². The number of anilines is 1. The molecule has 0 bridgehead atoms. The van der Waals surface area contributed by atoms with Crippen LogP contribution in [-0.4, -0.2) is 25.9 Å². The quantitative estimate of drug-likeness (QED) is 0.337. The third-order valence-electron chi connectivity index (χ3n) is 3.69. The van der Waals surface area contributed by atoms with E-state index in [2.05, 4.69) is 26.3 Å². The van der Waals surface area contributed by atoms with Crippen LogP contribution in [0.5, 0.6) is 0 Å². The van der Waals surface area contributed by atoms with Gasteiger partial charge < -0.3 is 5.32 Å². The predicted molar refractivity (Wildman–Crippen MR) is 108 cm³/mol.